The summed E-state index contributed by atoms with van der Waals surface area (Å²) in [6.07, 6.45) is 0. The molecule has 0 aliphatic heterocycles. The number of rotatable bonds is 3. The van der Waals surface area contributed by atoms with Crippen LogP contribution >= 0.6 is 0 Å². The molecule has 0 atom stereocenters. The van der Waals surface area contributed by atoms with Gasteiger partial charge in [0.1, 0.15) is 5.82 Å². The predicted octanol–water partition coefficient (Wildman–Crippen LogP) is 8.26. The van der Waals surface area contributed by atoms with Crippen molar-refractivity contribution in [3.8, 4) is 28.1 Å². The van der Waals surface area contributed by atoms with E-state index in [1.807, 2.05) is 18.2 Å². The van der Waals surface area contributed by atoms with Gasteiger partial charge in [-0.05, 0) is 58.5 Å². The molecule has 0 spiro atoms. The SMILES string of the molecule is Fc1ccc(-c2cc(-n3c(-c4ccccc4)cc4ccccc43)c3ccccc3c2)cc1. The van der Waals surface area contributed by atoms with Crippen LogP contribution in [0.15, 0.2) is 121 Å². The fourth-order valence-corrected chi connectivity index (χ4v) is 4.52. The molecule has 1 heterocycles. The first-order valence-corrected chi connectivity index (χ1v) is 10.7. The van der Waals surface area contributed by atoms with E-state index in [0.717, 1.165) is 33.4 Å². The second-order valence-electron chi connectivity index (χ2n) is 8.01. The van der Waals surface area contributed by atoms with Crippen molar-refractivity contribution >= 4 is 21.7 Å². The van der Waals surface area contributed by atoms with E-state index < -0.39 is 0 Å². The number of nitrogens with zero attached hydrogens (tertiary/aromatic N) is 1. The van der Waals surface area contributed by atoms with E-state index in [1.165, 1.54) is 28.5 Å². The minimum atomic E-state index is -0.225. The van der Waals surface area contributed by atoms with Gasteiger partial charge in [-0.15, -0.1) is 0 Å². The molecule has 0 fully saturated rings. The van der Waals surface area contributed by atoms with Gasteiger partial charge in [0.05, 0.1) is 16.9 Å². The van der Waals surface area contributed by atoms with Crippen LogP contribution in [0.25, 0.3) is 49.7 Å². The topological polar surface area (TPSA) is 4.93 Å². The Morgan fingerprint density at radius 2 is 1.19 bits per heavy atom. The van der Waals surface area contributed by atoms with Crippen molar-refractivity contribution in [2.75, 3.05) is 0 Å². The molecule has 0 amide bonds. The van der Waals surface area contributed by atoms with Gasteiger partial charge in [-0.25, -0.2) is 4.39 Å². The summed E-state index contributed by atoms with van der Waals surface area (Å²) in [7, 11) is 0. The number of fused-ring (bicyclic) bond motifs is 2. The lowest BCUT2D eigenvalue weighted by Gasteiger charge is -2.16. The summed E-state index contributed by atoms with van der Waals surface area (Å²) in [5, 5.41) is 3.53. The van der Waals surface area contributed by atoms with Crippen LogP contribution in [-0.4, -0.2) is 4.57 Å². The Morgan fingerprint density at radius 1 is 0.500 bits per heavy atom. The molecule has 2 heteroatoms. The average Bonchev–Trinajstić information content (AvgIpc) is 3.24. The van der Waals surface area contributed by atoms with Crippen LogP contribution in [0.3, 0.4) is 0 Å². The van der Waals surface area contributed by atoms with Crippen LogP contribution in [0, 0.1) is 5.82 Å². The van der Waals surface area contributed by atoms with E-state index >= 15 is 0 Å². The van der Waals surface area contributed by atoms with Crippen molar-refractivity contribution in [1.29, 1.82) is 0 Å². The molecule has 6 aromatic rings. The predicted molar refractivity (Wildman–Crippen MR) is 132 cm³/mol. The van der Waals surface area contributed by atoms with E-state index in [2.05, 4.69) is 95.6 Å². The lowest BCUT2D eigenvalue weighted by atomic mass is 9.99. The number of para-hydroxylation sites is 1. The first kappa shape index (κ1) is 18.6. The fourth-order valence-electron chi connectivity index (χ4n) is 4.52. The molecule has 0 saturated heterocycles. The molecular weight excluding hydrogens is 393 g/mol. The van der Waals surface area contributed by atoms with Gasteiger partial charge >= 0.3 is 0 Å². The normalized spacial score (nSPS) is 11.3. The zero-order valence-electron chi connectivity index (χ0n) is 17.4. The quantitative estimate of drug-likeness (QED) is 0.275. The van der Waals surface area contributed by atoms with E-state index in [1.54, 1.807) is 0 Å². The molecular formula is C30H20FN. The van der Waals surface area contributed by atoms with Crippen molar-refractivity contribution in [2.45, 2.75) is 0 Å². The summed E-state index contributed by atoms with van der Waals surface area (Å²) in [6, 6.07) is 40.8. The van der Waals surface area contributed by atoms with Crippen LogP contribution in [0.2, 0.25) is 0 Å². The Bertz CT molecular complexity index is 1560. The number of aromatic nitrogens is 1. The Kier molecular flexibility index (Phi) is 4.36. The molecule has 5 aromatic carbocycles. The molecule has 0 N–H and O–H groups in total. The summed E-state index contributed by atoms with van der Waals surface area (Å²) in [5.41, 5.74) is 6.65. The lowest BCUT2D eigenvalue weighted by Crippen LogP contribution is -1.99. The lowest BCUT2D eigenvalue weighted by molar-refractivity contribution is 0.628. The third kappa shape index (κ3) is 3.09. The zero-order valence-corrected chi connectivity index (χ0v) is 17.4. The average molecular weight is 413 g/mol. The van der Waals surface area contributed by atoms with Crippen molar-refractivity contribution in [2.24, 2.45) is 0 Å². The maximum atomic E-state index is 13.6. The molecule has 6 rings (SSSR count). The molecule has 0 saturated carbocycles. The molecule has 152 valence electrons. The highest BCUT2D eigenvalue weighted by Gasteiger charge is 2.15. The summed E-state index contributed by atoms with van der Waals surface area (Å²) in [5.74, 6) is -0.225. The zero-order chi connectivity index (χ0) is 21.5. The van der Waals surface area contributed by atoms with Gasteiger partial charge < -0.3 is 4.57 Å². The molecule has 0 bridgehead atoms. The summed E-state index contributed by atoms with van der Waals surface area (Å²) < 4.78 is 15.9. The molecule has 0 unspecified atom stereocenters. The van der Waals surface area contributed by atoms with Gasteiger partial charge in [-0.2, -0.15) is 0 Å². The van der Waals surface area contributed by atoms with E-state index in [-0.39, 0.29) is 5.82 Å². The maximum Gasteiger partial charge on any atom is 0.123 e. The molecule has 0 aliphatic rings. The Balaban J connectivity index is 1.71. The smallest absolute Gasteiger partial charge is 0.123 e. The van der Waals surface area contributed by atoms with Gasteiger partial charge in [0, 0.05) is 10.8 Å². The number of halogens is 1. The number of hydrogen-bond donors (Lipinski definition) is 0. The van der Waals surface area contributed by atoms with Crippen LogP contribution < -0.4 is 0 Å². The molecule has 0 radical (unpaired) electrons. The summed E-state index contributed by atoms with van der Waals surface area (Å²) >= 11 is 0. The molecule has 0 aliphatic carbocycles. The molecule has 32 heavy (non-hydrogen) atoms. The van der Waals surface area contributed by atoms with Crippen molar-refractivity contribution in [1.82, 2.24) is 4.57 Å². The summed E-state index contributed by atoms with van der Waals surface area (Å²) in [6.45, 7) is 0. The second kappa shape index (κ2) is 7.51. The second-order valence-corrected chi connectivity index (χ2v) is 8.01. The van der Waals surface area contributed by atoms with Gasteiger partial charge in [0.15, 0.2) is 0 Å². The van der Waals surface area contributed by atoms with Gasteiger partial charge in [0.25, 0.3) is 0 Å². The van der Waals surface area contributed by atoms with E-state index in [4.69, 9.17) is 0 Å². The highest BCUT2D eigenvalue weighted by Crippen LogP contribution is 2.37. The van der Waals surface area contributed by atoms with E-state index in [0.29, 0.717) is 0 Å². The van der Waals surface area contributed by atoms with Crippen molar-refractivity contribution in [3.05, 3.63) is 127 Å². The Morgan fingerprint density at radius 3 is 2.00 bits per heavy atom. The number of benzene rings is 5. The minimum absolute atomic E-state index is 0.225. The summed E-state index contributed by atoms with van der Waals surface area (Å²) in [4.78, 5) is 0. The third-order valence-corrected chi connectivity index (χ3v) is 6.04. The van der Waals surface area contributed by atoms with Crippen LogP contribution in [0.5, 0.6) is 0 Å². The Labute approximate surface area is 186 Å². The van der Waals surface area contributed by atoms with Gasteiger partial charge in [0.2, 0.25) is 0 Å². The highest BCUT2D eigenvalue weighted by molar-refractivity contribution is 5.98. The van der Waals surface area contributed by atoms with Crippen LogP contribution in [0.1, 0.15) is 0 Å². The van der Waals surface area contributed by atoms with E-state index in [9.17, 15) is 4.39 Å². The van der Waals surface area contributed by atoms with Crippen LogP contribution in [0.4, 0.5) is 4.39 Å². The van der Waals surface area contributed by atoms with Gasteiger partial charge in [-0.1, -0.05) is 84.9 Å². The number of hydrogen-bond acceptors (Lipinski definition) is 0. The van der Waals surface area contributed by atoms with Crippen LogP contribution in [-0.2, 0) is 0 Å². The third-order valence-electron chi connectivity index (χ3n) is 6.04. The Hall–Kier alpha value is -4.17. The fraction of sp³-hybridized carbons (Fsp3) is 0. The maximum absolute atomic E-state index is 13.6. The highest BCUT2D eigenvalue weighted by atomic mass is 19.1. The first-order valence-electron chi connectivity index (χ1n) is 10.7. The largest absolute Gasteiger partial charge is 0.309 e. The molecule has 1 aromatic heterocycles. The van der Waals surface area contributed by atoms with Crippen molar-refractivity contribution in [3.63, 3.8) is 0 Å². The molecule has 1 nitrogen and oxygen atoms in total. The minimum Gasteiger partial charge on any atom is -0.309 e. The monoisotopic (exact) mass is 413 g/mol. The van der Waals surface area contributed by atoms with Crippen molar-refractivity contribution < 1.29 is 4.39 Å². The first-order chi connectivity index (χ1) is 15.8. The standard InChI is InChI=1S/C30H20FN/c31-26-16-14-21(15-17-26)25-18-23-10-4-6-12-27(23)30(20-25)32-28-13-7-5-11-24(28)19-29(32)22-8-2-1-3-9-22/h1-20H. The van der Waals surface area contributed by atoms with Gasteiger partial charge in [-0.3, -0.25) is 0 Å².